The average Bonchev–Trinajstić information content (AvgIpc) is 2.45. The Kier molecular flexibility index (Phi) is 1.90. The van der Waals surface area contributed by atoms with Gasteiger partial charge in [0.05, 0.1) is 6.10 Å². The predicted molar refractivity (Wildman–Crippen MR) is 44.6 cm³/mol. The first-order valence-corrected chi connectivity index (χ1v) is 4.64. The van der Waals surface area contributed by atoms with Crippen LogP contribution >= 0.6 is 0 Å². The van der Waals surface area contributed by atoms with Gasteiger partial charge in [-0.25, -0.2) is 0 Å². The molecule has 1 N–H and O–H groups in total. The molecule has 2 fully saturated rings. The van der Waals surface area contributed by atoms with Crippen LogP contribution in [-0.2, 0) is 4.74 Å². The summed E-state index contributed by atoms with van der Waals surface area (Å²) in [5.41, 5.74) is 0.523. The van der Waals surface area contributed by atoms with Gasteiger partial charge in [0.25, 0.3) is 0 Å². The van der Waals surface area contributed by atoms with E-state index >= 15 is 0 Å². The summed E-state index contributed by atoms with van der Waals surface area (Å²) in [5.74, 6) is 0. The molecule has 1 aliphatic carbocycles. The van der Waals surface area contributed by atoms with Gasteiger partial charge in [-0.05, 0) is 26.3 Å². The van der Waals surface area contributed by atoms with E-state index in [0.29, 0.717) is 11.5 Å². The Morgan fingerprint density at radius 2 is 2.45 bits per heavy atom. The van der Waals surface area contributed by atoms with Crippen LogP contribution in [0.2, 0.25) is 0 Å². The Morgan fingerprint density at radius 3 is 3.27 bits per heavy atom. The van der Waals surface area contributed by atoms with E-state index in [0.717, 1.165) is 13.2 Å². The van der Waals surface area contributed by atoms with Gasteiger partial charge < -0.3 is 10.1 Å². The number of ether oxygens (including phenoxy) is 1. The minimum absolute atomic E-state index is 0.523. The predicted octanol–water partition coefficient (Wildman–Crippen LogP) is 1.17. The molecule has 2 atom stereocenters. The van der Waals surface area contributed by atoms with Crippen molar-refractivity contribution < 1.29 is 4.74 Å². The lowest BCUT2D eigenvalue weighted by Gasteiger charge is -2.26. The van der Waals surface area contributed by atoms with Crippen molar-refractivity contribution in [2.24, 2.45) is 5.41 Å². The van der Waals surface area contributed by atoms with E-state index in [4.69, 9.17) is 4.74 Å². The molecular formula is C9H17NO. The van der Waals surface area contributed by atoms with Crippen LogP contribution in [0, 0.1) is 5.41 Å². The summed E-state index contributed by atoms with van der Waals surface area (Å²) in [6, 6.07) is 0. The first-order valence-electron chi connectivity index (χ1n) is 4.64. The number of fused-ring (bicyclic) bond motifs is 1. The lowest BCUT2D eigenvalue weighted by molar-refractivity contribution is 0.0707. The van der Waals surface area contributed by atoms with Crippen molar-refractivity contribution in [1.82, 2.24) is 5.32 Å². The van der Waals surface area contributed by atoms with E-state index in [9.17, 15) is 0 Å². The summed E-state index contributed by atoms with van der Waals surface area (Å²) in [4.78, 5) is 0. The number of hydrogen-bond donors (Lipinski definition) is 1. The zero-order valence-corrected chi connectivity index (χ0v) is 7.23. The Hall–Kier alpha value is -0.0800. The lowest BCUT2D eigenvalue weighted by Crippen LogP contribution is -2.35. The second-order valence-corrected chi connectivity index (χ2v) is 3.89. The minimum atomic E-state index is 0.523. The fourth-order valence-electron chi connectivity index (χ4n) is 2.70. The fourth-order valence-corrected chi connectivity index (χ4v) is 2.70. The molecule has 0 aromatic heterocycles. The number of nitrogens with one attached hydrogen (secondary N) is 1. The third-order valence-electron chi connectivity index (χ3n) is 3.27. The molecule has 1 heterocycles. The van der Waals surface area contributed by atoms with Crippen molar-refractivity contribution in [1.29, 1.82) is 0 Å². The third-order valence-corrected chi connectivity index (χ3v) is 3.27. The highest BCUT2D eigenvalue weighted by Gasteiger charge is 2.46. The van der Waals surface area contributed by atoms with Crippen molar-refractivity contribution in [3.63, 3.8) is 0 Å². The van der Waals surface area contributed by atoms with Crippen LogP contribution in [0.4, 0.5) is 0 Å². The van der Waals surface area contributed by atoms with E-state index in [1.54, 1.807) is 0 Å². The van der Waals surface area contributed by atoms with Crippen LogP contribution in [0.1, 0.15) is 25.7 Å². The van der Waals surface area contributed by atoms with Crippen LogP contribution in [0.15, 0.2) is 0 Å². The maximum Gasteiger partial charge on any atom is 0.0644 e. The zero-order chi connectivity index (χ0) is 7.73. The molecular weight excluding hydrogens is 138 g/mol. The lowest BCUT2D eigenvalue weighted by atomic mass is 9.83. The van der Waals surface area contributed by atoms with E-state index in [-0.39, 0.29) is 0 Å². The zero-order valence-electron chi connectivity index (χ0n) is 7.23. The molecule has 11 heavy (non-hydrogen) atoms. The molecule has 0 amide bonds. The molecule has 0 aromatic rings. The van der Waals surface area contributed by atoms with Gasteiger partial charge in [-0.15, -0.1) is 0 Å². The van der Waals surface area contributed by atoms with Gasteiger partial charge in [0.15, 0.2) is 0 Å². The standard InChI is InChI=1S/C9H17NO/c1-10-7-9-4-2-3-8(9)11-6-5-9/h8,10H,2-7H2,1H3/t8-,9-/m1/s1. The SMILES string of the molecule is CNC[C@]12CCC[C@H]1OCC2. The second kappa shape index (κ2) is 2.76. The number of rotatable bonds is 2. The van der Waals surface area contributed by atoms with Gasteiger partial charge in [0, 0.05) is 18.6 Å². The van der Waals surface area contributed by atoms with Gasteiger partial charge >= 0.3 is 0 Å². The van der Waals surface area contributed by atoms with Crippen molar-refractivity contribution in [2.75, 3.05) is 20.2 Å². The molecule has 0 bridgehead atoms. The molecule has 0 spiro atoms. The van der Waals surface area contributed by atoms with Crippen molar-refractivity contribution in [2.45, 2.75) is 31.8 Å². The van der Waals surface area contributed by atoms with Gasteiger partial charge in [-0.1, -0.05) is 6.42 Å². The summed E-state index contributed by atoms with van der Waals surface area (Å²) in [7, 11) is 2.04. The highest BCUT2D eigenvalue weighted by Crippen LogP contribution is 2.46. The summed E-state index contributed by atoms with van der Waals surface area (Å²) in [6.07, 6.45) is 5.89. The van der Waals surface area contributed by atoms with Crippen LogP contribution < -0.4 is 5.32 Å². The van der Waals surface area contributed by atoms with Gasteiger partial charge in [-0.2, -0.15) is 0 Å². The summed E-state index contributed by atoms with van der Waals surface area (Å²) >= 11 is 0. The Balaban J connectivity index is 2.07. The monoisotopic (exact) mass is 155 g/mol. The Bertz CT molecular complexity index is 136. The minimum Gasteiger partial charge on any atom is -0.378 e. The topological polar surface area (TPSA) is 21.3 Å². The largest absolute Gasteiger partial charge is 0.378 e. The molecule has 1 saturated heterocycles. The second-order valence-electron chi connectivity index (χ2n) is 3.89. The van der Waals surface area contributed by atoms with Gasteiger partial charge in [0.1, 0.15) is 0 Å². The molecule has 2 nitrogen and oxygen atoms in total. The fraction of sp³-hybridized carbons (Fsp3) is 1.00. The summed E-state index contributed by atoms with van der Waals surface area (Å²) in [5, 5.41) is 3.29. The summed E-state index contributed by atoms with van der Waals surface area (Å²) < 4.78 is 5.69. The maximum absolute atomic E-state index is 5.69. The van der Waals surface area contributed by atoms with Crippen LogP contribution in [-0.4, -0.2) is 26.3 Å². The van der Waals surface area contributed by atoms with E-state index < -0.39 is 0 Å². The molecule has 0 radical (unpaired) electrons. The molecule has 2 heteroatoms. The quantitative estimate of drug-likeness (QED) is 0.646. The van der Waals surface area contributed by atoms with E-state index in [2.05, 4.69) is 5.32 Å². The van der Waals surface area contributed by atoms with Crippen molar-refractivity contribution >= 4 is 0 Å². The molecule has 0 unspecified atom stereocenters. The molecule has 0 aromatic carbocycles. The molecule has 64 valence electrons. The maximum atomic E-state index is 5.69. The van der Waals surface area contributed by atoms with E-state index in [1.165, 1.54) is 25.7 Å². The molecule has 1 saturated carbocycles. The smallest absolute Gasteiger partial charge is 0.0644 e. The molecule has 2 rings (SSSR count). The van der Waals surface area contributed by atoms with Crippen LogP contribution in [0.25, 0.3) is 0 Å². The normalized spacial score (nSPS) is 42.8. The molecule has 1 aliphatic heterocycles. The third kappa shape index (κ3) is 1.09. The average molecular weight is 155 g/mol. The van der Waals surface area contributed by atoms with E-state index in [1.807, 2.05) is 7.05 Å². The highest BCUT2D eigenvalue weighted by molar-refractivity contribution is 4.97. The Labute approximate surface area is 68.3 Å². The van der Waals surface area contributed by atoms with Crippen LogP contribution in [0.5, 0.6) is 0 Å². The van der Waals surface area contributed by atoms with Gasteiger partial charge in [-0.3, -0.25) is 0 Å². The van der Waals surface area contributed by atoms with Crippen molar-refractivity contribution in [3.8, 4) is 0 Å². The van der Waals surface area contributed by atoms with Crippen LogP contribution in [0.3, 0.4) is 0 Å². The summed E-state index contributed by atoms with van der Waals surface area (Å²) in [6.45, 7) is 2.14. The first-order chi connectivity index (χ1) is 5.37. The first kappa shape index (κ1) is 7.56. The van der Waals surface area contributed by atoms with Gasteiger partial charge in [0.2, 0.25) is 0 Å². The highest BCUT2D eigenvalue weighted by atomic mass is 16.5. The Morgan fingerprint density at radius 1 is 1.55 bits per heavy atom. The number of hydrogen-bond acceptors (Lipinski definition) is 2. The molecule has 2 aliphatic rings. The van der Waals surface area contributed by atoms with Crippen molar-refractivity contribution in [3.05, 3.63) is 0 Å².